The lowest BCUT2D eigenvalue weighted by atomic mass is 10.1. The number of amides is 1. The van der Waals surface area contributed by atoms with Crippen LogP contribution in [0.3, 0.4) is 0 Å². The highest BCUT2D eigenvalue weighted by Gasteiger charge is 2.13. The van der Waals surface area contributed by atoms with Gasteiger partial charge in [0.05, 0.1) is 8.95 Å². The molecule has 0 aliphatic carbocycles. The minimum Gasteiger partial charge on any atom is -0.487 e. The van der Waals surface area contributed by atoms with E-state index >= 15 is 0 Å². The van der Waals surface area contributed by atoms with Gasteiger partial charge in [-0.1, -0.05) is 52.3 Å². The molecule has 3 aromatic carbocycles. The van der Waals surface area contributed by atoms with Crippen LogP contribution in [0.2, 0.25) is 0 Å². The monoisotopic (exact) mass is 588 g/mol. The summed E-state index contributed by atoms with van der Waals surface area (Å²) in [4.78, 5) is 12.5. The Morgan fingerprint density at radius 1 is 1.00 bits per heavy atom. The molecule has 3 aromatic rings. The van der Waals surface area contributed by atoms with Crippen LogP contribution in [-0.4, -0.2) is 5.91 Å². The number of nitrogens with zero attached hydrogens (tertiary/aromatic N) is 1. The van der Waals surface area contributed by atoms with Gasteiger partial charge in [-0.05, 0) is 79.4 Å². The Bertz CT molecular complexity index is 1120. The molecular formula is C23H15Br3N2O2. The molecule has 0 heterocycles. The van der Waals surface area contributed by atoms with Crippen LogP contribution in [0.25, 0.3) is 6.08 Å². The first-order chi connectivity index (χ1) is 14.5. The van der Waals surface area contributed by atoms with Crippen LogP contribution in [0.5, 0.6) is 5.75 Å². The maximum Gasteiger partial charge on any atom is 0.266 e. The van der Waals surface area contributed by atoms with Crippen LogP contribution in [0, 0.1) is 11.3 Å². The topological polar surface area (TPSA) is 62.1 Å². The standard InChI is InChI=1S/C23H15Br3N2O2/c24-18-7-4-8-19(12-18)28-23(29)17(13-27)9-16-10-20(25)22(21(26)11-16)30-14-15-5-2-1-3-6-15/h1-12H,14H2,(H,28,29)/b17-9-. The first-order valence-corrected chi connectivity index (χ1v) is 11.2. The van der Waals surface area contributed by atoms with Crippen molar-refractivity contribution in [3.8, 4) is 11.8 Å². The minimum absolute atomic E-state index is 0.00766. The van der Waals surface area contributed by atoms with Gasteiger partial charge in [0.1, 0.15) is 24.0 Å². The third kappa shape index (κ3) is 6.05. The molecule has 0 aliphatic heterocycles. The molecule has 150 valence electrons. The number of benzene rings is 3. The van der Waals surface area contributed by atoms with Crippen molar-refractivity contribution < 1.29 is 9.53 Å². The Morgan fingerprint density at radius 3 is 2.33 bits per heavy atom. The van der Waals surface area contributed by atoms with E-state index in [2.05, 4.69) is 53.1 Å². The summed E-state index contributed by atoms with van der Waals surface area (Å²) in [5.41, 5.74) is 2.33. The van der Waals surface area contributed by atoms with Crippen molar-refractivity contribution >= 4 is 65.5 Å². The van der Waals surface area contributed by atoms with Gasteiger partial charge in [-0.25, -0.2) is 0 Å². The molecule has 0 aromatic heterocycles. The summed E-state index contributed by atoms with van der Waals surface area (Å²) in [6.45, 7) is 0.422. The molecule has 1 amide bonds. The highest BCUT2D eigenvalue weighted by molar-refractivity contribution is 9.11. The van der Waals surface area contributed by atoms with Crippen LogP contribution in [0.15, 0.2) is 85.7 Å². The zero-order chi connectivity index (χ0) is 21.5. The van der Waals surface area contributed by atoms with E-state index in [1.165, 1.54) is 6.08 Å². The highest BCUT2D eigenvalue weighted by atomic mass is 79.9. The van der Waals surface area contributed by atoms with Crippen molar-refractivity contribution in [3.05, 3.63) is 96.8 Å². The molecule has 0 unspecified atom stereocenters. The van der Waals surface area contributed by atoms with E-state index in [1.54, 1.807) is 30.3 Å². The minimum atomic E-state index is -0.479. The van der Waals surface area contributed by atoms with E-state index < -0.39 is 5.91 Å². The normalized spacial score (nSPS) is 10.9. The number of anilines is 1. The lowest BCUT2D eigenvalue weighted by Gasteiger charge is -2.12. The molecule has 30 heavy (non-hydrogen) atoms. The van der Waals surface area contributed by atoms with Gasteiger partial charge in [0.15, 0.2) is 0 Å². The fourth-order valence-corrected chi connectivity index (χ4v) is 4.46. The van der Waals surface area contributed by atoms with Crippen LogP contribution < -0.4 is 10.1 Å². The van der Waals surface area contributed by atoms with Gasteiger partial charge in [-0.2, -0.15) is 5.26 Å². The SMILES string of the molecule is N#C/C(=C/c1cc(Br)c(OCc2ccccc2)c(Br)c1)C(=O)Nc1cccc(Br)c1. The summed E-state index contributed by atoms with van der Waals surface area (Å²) in [5, 5.41) is 12.2. The maximum atomic E-state index is 12.5. The van der Waals surface area contributed by atoms with Gasteiger partial charge in [-0.15, -0.1) is 0 Å². The average Bonchev–Trinajstić information content (AvgIpc) is 2.72. The maximum absolute atomic E-state index is 12.5. The van der Waals surface area contributed by atoms with E-state index in [4.69, 9.17) is 4.74 Å². The Kier molecular flexibility index (Phi) is 7.86. The number of nitrogens with one attached hydrogen (secondary N) is 1. The van der Waals surface area contributed by atoms with Crippen molar-refractivity contribution in [2.75, 3.05) is 5.32 Å². The first kappa shape index (κ1) is 22.3. The zero-order valence-corrected chi connectivity index (χ0v) is 20.3. The molecule has 3 rings (SSSR count). The van der Waals surface area contributed by atoms with Crippen molar-refractivity contribution in [2.24, 2.45) is 0 Å². The highest BCUT2D eigenvalue weighted by Crippen LogP contribution is 2.36. The fourth-order valence-electron chi connectivity index (χ4n) is 2.61. The number of carbonyl (C=O) groups is 1. The lowest BCUT2D eigenvalue weighted by Crippen LogP contribution is -2.13. The molecule has 0 aliphatic rings. The summed E-state index contributed by atoms with van der Waals surface area (Å²) >= 11 is 10.4. The number of halogens is 3. The predicted octanol–water partition coefficient (Wildman–Crippen LogP) is 7.10. The first-order valence-electron chi connectivity index (χ1n) is 8.81. The van der Waals surface area contributed by atoms with Crippen LogP contribution >= 0.6 is 47.8 Å². The molecule has 1 N–H and O–H groups in total. The summed E-state index contributed by atoms with van der Waals surface area (Å²) < 4.78 is 8.17. The molecule has 0 atom stereocenters. The van der Waals surface area contributed by atoms with Gasteiger partial charge in [-0.3, -0.25) is 4.79 Å². The quantitative estimate of drug-likeness (QED) is 0.246. The number of nitriles is 1. The summed E-state index contributed by atoms with van der Waals surface area (Å²) in [7, 11) is 0. The van der Waals surface area contributed by atoms with E-state index in [9.17, 15) is 10.1 Å². The Labute approximate surface area is 200 Å². The Balaban J connectivity index is 1.77. The Hall–Kier alpha value is -2.40. The van der Waals surface area contributed by atoms with Gasteiger partial charge < -0.3 is 10.1 Å². The van der Waals surface area contributed by atoms with Crippen molar-refractivity contribution in [1.29, 1.82) is 5.26 Å². The van der Waals surface area contributed by atoms with Gasteiger partial charge >= 0.3 is 0 Å². The van der Waals surface area contributed by atoms with Crippen LogP contribution in [0.1, 0.15) is 11.1 Å². The molecule has 0 spiro atoms. The smallest absolute Gasteiger partial charge is 0.266 e. The Morgan fingerprint density at radius 2 is 1.70 bits per heavy atom. The molecule has 4 nitrogen and oxygen atoms in total. The van der Waals surface area contributed by atoms with E-state index in [0.717, 1.165) is 10.0 Å². The molecule has 0 saturated carbocycles. The second-order valence-corrected chi connectivity index (χ2v) is 8.85. The van der Waals surface area contributed by atoms with Gasteiger partial charge in [0.25, 0.3) is 5.91 Å². The molecule has 0 radical (unpaired) electrons. The lowest BCUT2D eigenvalue weighted by molar-refractivity contribution is -0.112. The fraction of sp³-hybridized carbons (Fsp3) is 0.0435. The third-order valence-electron chi connectivity index (χ3n) is 4.01. The van der Waals surface area contributed by atoms with E-state index in [0.29, 0.717) is 32.6 Å². The molecule has 7 heteroatoms. The van der Waals surface area contributed by atoms with Crippen LogP contribution in [0.4, 0.5) is 5.69 Å². The van der Waals surface area contributed by atoms with E-state index in [-0.39, 0.29) is 5.57 Å². The second kappa shape index (κ2) is 10.6. The third-order valence-corrected chi connectivity index (χ3v) is 5.68. The van der Waals surface area contributed by atoms with E-state index in [1.807, 2.05) is 42.5 Å². The number of carbonyl (C=O) groups excluding carboxylic acids is 1. The molecular weight excluding hydrogens is 576 g/mol. The number of rotatable bonds is 6. The summed E-state index contributed by atoms with van der Waals surface area (Å²) in [5.74, 6) is 0.167. The molecule has 0 saturated heterocycles. The van der Waals surface area contributed by atoms with Crippen molar-refractivity contribution in [3.63, 3.8) is 0 Å². The molecule has 0 fully saturated rings. The average molecular weight is 591 g/mol. The van der Waals surface area contributed by atoms with Gasteiger partial charge in [0, 0.05) is 10.2 Å². The predicted molar refractivity (Wildman–Crippen MR) is 129 cm³/mol. The number of ether oxygens (including phenoxy) is 1. The summed E-state index contributed by atoms with van der Waals surface area (Å²) in [6.07, 6.45) is 1.53. The zero-order valence-electron chi connectivity index (χ0n) is 15.5. The number of hydrogen-bond donors (Lipinski definition) is 1. The second-order valence-electron chi connectivity index (χ2n) is 6.22. The molecule has 0 bridgehead atoms. The summed E-state index contributed by atoms with van der Waals surface area (Å²) in [6, 6.07) is 22.6. The number of hydrogen-bond acceptors (Lipinski definition) is 3. The van der Waals surface area contributed by atoms with Crippen molar-refractivity contribution in [2.45, 2.75) is 6.61 Å². The van der Waals surface area contributed by atoms with Crippen molar-refractivity contribution in [1.82, 2.24) is 0 Å². The largest absolute Gasteiger partial charge is 0.487 e. The van der Waals surface area contributed by atoms with Gasteiger partial charge in [0.2, 0.25) is 0 Å². The van der Waals surface area contributed by atoms with Crippen LogP contribution in [-0.2, 0) is 11.4 Å².